The highest BCUT2D eigenvalue weighted by atomic mass is 32.2. The summed E-state index contributed by atoms with van der Waals surface area (Å²) in [6, 6.07) is 4.84. The number of anilines is 1. The number of carbonyl (C=O) groups excluding carboxylic acids is 1. The Balaban J connectivity index is 2.88. The van der Waals surface area contributed by atoms with Gasteiger partial charge in [0.15, 0.2) is 0 Å². The van der Waals surface area contributed by atoms with E-state index in [-0.39, 0.29) is 11.3 Å². The molecule has 118 valence electrons. The van der Waals surface area contributed by atoms with Crippen molar-refractivity contribution in [1.82, 2.24) is 4.72 Å². The first-order chi connectivity index (χ1) is 9.77. The summed E-state index contributed by atoms with van der Waals surface area (Å²) in [5, 5.41) is 0. The standard InChI is InChI=1S/C15H24N2O3S/c1-5-6-7-8-15(18)16-21(19,20)13-10-9-12(2)14(11-13)17(3)4/h9-11H,5-8H2,1-4H3,(H,16,18). The first-order valence-corrected chi connectivity index (χ1v) is 8.60. The van der Waals surface area contributed by atoms with Gasteiger partial charge in [0.1, 0.15) is 0 Å². The fourth-order valence-electron chi connectivity index (χ4n) is 2.03. The Labute approximate surface area is 127 Å². The van der Waals surface area contributed by atoms with Gasteiger partial charge in [0.05, 0.1) is 4.90 Å². The molecule has 0 radical (unpaired) electrons. The van der Waals surface area contributed by atoms with Gasteiger partial charge in [0.25, 0.3) is 10.0 Å². The smallest absolute Gasteiger partial charge is 0.264 e. The molecule has 1 amide bonds. The lowest BCUT2D eigenvalue weighted by molar-refractivity contribution is -0.119. The molecule has 0 spiro atoms. The number of unbranched alkanes of at least 4 members (excludes halogenated alkanes) is 2. The van der Waals surface area contributed by atoms with Gasteiger partial charge in [-0.05, 0) is 31.0 Å². The van der Waals surface area contributed by atoms with Gasteiger partial charge < -0.3 is 4.90 Å². The predicted octanol–water partition coefficient (Wildman–Crippen LogP) is 2.45. The lowest BCUT2D eigenvalue weighted by Gasteiger charge is -2.17. The van der Waals surface area contributed by atoms with E-state index in [1.807, 2.05) is 32.8 Å². The molecule has 0 saturated carbocycles. The third kappa shape index (κ3) is 5.04. The molecule has 0 heterocycles. The Morgan fingerprint density at radius 3 is 2.48 bits per heavy atom. The van der Waals surface area contributed by atoms with Gasteiger partial charge >= 0.3 is 0 Å². The van der Waals surface area contributed by atoms with Crippen LogP contribution in [0.4, 0.5) is 5.69 Å². The molecule has 0 aliphatic heterocycles. The molecule has 0 bridgehead atoms. The summed E-state index contributed by atoms with van der Waals surface area (Å²) in [5.74, 6) is -0.449. The van der Waals surface area contributed by atoms with Gasteiger partial charge in [0, 0.05) is 26.2 Å². The molecule has 1 aromatic rings. The molecule has 6 heteroatoms. The zero-order chi connectivity index (χ0) is 16.0. The summed E-state index contributed by atoms with van der Waals surface area (Å²) in [5.41, 5.74) is 1.80. The van der Waals surface area contributed by atoms with Crippen LogP contribution in [0.3, 0.4) is 0 Å². The SMILES string of the molecule is CCCCCC(=O)NS(=O)(=O)c1ccc(C)c(N(C)C)c1. The molecule has 0 aliphatic rings. The maximum absolute atomic E-state index is 12.2. The van der Waals surface area contributed by atoms with Crippen molar-refractivity contribution in [2.45, 2.75) is 44.4 Å². The van der Waals surface area contributed by atoms with Crippen LogP contribution in [-0.4, -0.2) is 28.4 Å². The lowest BCUT2D eigenvalue weighted by Crippen LogP contribution is -2.30. The van der Waals surface area contributed by atoms with E-state index >= 15 is 0 Å². The molecule has 0 aliphatic carbocycles. The maximum Gasteiger partial charge on any atom is 0.264 e. The molecule has 0 aromatic heterocycles. The zero-order valence-electron chi connectivity index (χ0n) is 13.1. The van der Waals surface area contributed by atoms with E-state index in [0.717, 1.165) is 24.1 Å². The van der Waals surface area contributed by atoms with Gasteiger partial charge in [-0.2, -0.15) is 0 Å². The Bertz CT molecular complexity index is 595. The minimum absolute atomic E-state index is 0.112. The largest absolute Gasteiger partial charge is 0.377 e. The van der Waals surface area contributed by atoms with Gasteiger partial charge in [-0.3, -0.25) is 4.79 Å². The third-order valence-corrected chi connectivity index (χ3v) is 4.60. The number of benzene rings is 1. The molecule has 1 rings (SSSR count). The fraction of sp³-hybridized carbons (Fsp3) is 0.533. The van der Waals surface area contributed by atoms with Crippen molar-refractivity contribution in [2.75, 3.05) is 19.0 Å². The van der Waals surface area contributed by atoms with E-state index in [2.05, 4.69) is 4.72 Å². The van der Waals surface area contributed by atoms with E-state index < -0.39 is 15.9 Å². The van der Waals surface area contributed by atoms with Gasteiger partial charge in [-0.1, -0.05) is 25.8 Å². The molecule has 1 N–H and O–H groups in total. The highest BCUT2D eigenvalue weighted by Crippen LogP contribution is 2.22. The van der Waals surface area contributed by atoms with Crippen LogP contribution in [0.2, 0.25) is 0 Å². The van der Waals surface area contributed by atoms with Crippen LogP contribution in [0.1, 0.15) is 38.2 Å². The number of nitrogens with one attached hydrogen (secondary N) is 1. The van der Waals surface area contributed by atoms with Crippen molar-refractivity contribution in [3.63, 3.8) is 0 Å². The molecular formula is C15H24N2O3S. The summed E-state index contributed by atoms with van der Waals surface area (Å²) in [6.07, 6.45) is 2.85. The third-order valence-electron chi connectivity index (χ3n) is 3.23. The van der Waals surface area contributed by atoms with Crippen molar-refractivity contribution < 1.29 is 13.2 Å². The van der Waals surface area contributed by atoms with Crippen molar-refractivity contribution in [3.8, 4) is 0 Å². The van der Waals surface area contributed by atoms with Gasteiger partial charge in [0.2, 0.25) is 5.91 Å². The van der Waals surface area contributed by atoms with Crippen molar-refractivity contribution in [1.29, 1.82) is 0 Å². The Kier molecular flexibility index (Phi) is 6.20. The topological polar surface area (TPSA) is 66.5 Å². The molecule has 0 atom stereocenters. The maximum atomic E-state index is 12.2. The highest BCUT2D eigenvalue weighted by molar-refractivity contribution is 7.90. The Hall–Kier alpha value is -1.56. The molecule has 1 aromatic carbocycles. The number of sulfonamides is 1. The van der Waals surface area contributed by atoms with Crippen LogP contribution in [-0.2, 0) is 14.8 Å². The minimum Gasteiger partial charge on any atom is -0.377 e. The molecule has 5 nitrogen and oxygen atoms in total. The predicted molar refractivity (Wildman–Crippen MR) is 85.0 cm³/mol. The molecule has 0 fully saturated rings. The highest BCUT2D eigenvalue weighted by Gasteiger charge is 2.18. The first kappa shape index (κ1) is 17.5. The van der Waals surface area contributed by atoms with Crippen LogP contribution in [0.15, 0.2) is 23.1 Å². The van der Waals surface area contributed by atoms with E-state index in [0.29, 0.717) is 6.42 Å². The van der Waals surface area contributed by atoms with E-state index in [1.54, 1.807) is 12.1 Å². The average Bonchev–Trinajstić information content (AvgIpc) is 2.38. The van der Waals surface area contributed by atoms with Gasteiger partial charge in [-0.15, -0.1) is 0 Å². The summed E-state index contributed by atoms with van der Waals surface area (Å²) >= 11 is 0. The number of aryl methyl sites for hydroxylation is 1. The number of carbonyl (C=O) groups is 1. The van der Waals surface area contributed by atoms with E-state index in [9.17, 15) is 13.2 Å². The van der Waals surface area contributed by atoms with E-state index in [1.165, 1.54) is 6.07 Å². The number of nitrogens with zero attached hydrogens (tertiary/aromatic N) is 1. The van der Waals surface area contributed by atoms with Crippen LogP contribution in [0.25, 0.3) is 0 Å². The quantitative estimate of drug-likeness (QED) is 0.785. The van der Waals surface area contributed by atoms with E-state index in [4.69, 9.17) is 0 Å². The second-order valence-corrected chi connectivity index (χ2v) is 7.01. The number of rotatable bonds is 7. The number of hydrogen-bond acceptors (Lipinski definition) is 4. The second kappa shape index (κ2) is 7.45. The molecular weight excluding hydrogens is 288 g/mol. The van der Waals surface area contributed by atoms with Crippen LogP contribution >= 0.6 is 0 Å². The normalized spacial score (nSPS) is 11.2. The monoisotopic (exact) mass is 312 g/mol. The molecule has 0 unspecified atom stereocenters. The van der Waals surface area contributed by atoms with Crippen LogP contribution < -0.4 is 9.62 Å². The fourth-order valence-corrected chi connectivity index (χ4v) is 3.07. The van der Waals surface area contributed by atoms with Crippen LogP contribution in [0, 0.1) is 6.92 Å². The van der Waals surface area contributed by atoms with Crippen molar-refractivity contribution in [3.05, 3.63) is 23.8 Å². The summed E-state index contributed by atoms with van der Waals surface area (Å²) in [6.45, 7) is 3.94. The summed E-state index contributed by atoms with van der Waals surface area (Å²) < 4.78 is 26.6. The zero-order valence-corrected chi connectivity index (χ0v) is 14.0. The van der Waals surface area contributed by atoms with Gasteiger partial charge in [-0.25, -0.2) is 13.1 Å². The summed E-state index contributed by atoms with van der Waals surface area (Å²) in [7, 11) is -0.0971. The number of amides is 1. The Morgan fingerprint density at radius 2 is 1.90 bits per heavy atom. The average molecular weight is 312 g/mol. The summed E-state index contributed by atoms with van der Waals surface area (Å²) in [4.78, 5) is 13.6. The van der Waals surface area contributed by atoms with Crippen molar-refractivity contribution >= 4 is 21.6 Å². The Morgan fingerprint density at radius 1 is 1.24 bits per heavy atom. The second-order valence-electron chi connectivity index (χ2n) is 5.33. The van der Waals surface area contributed by atoms with Crippen molar-refractivity contribution in [2.24, 2.45) is 0 Å². The molecule has 21 heavy (non-hydrogen) atoms. The van der Waals surface area contributed by atoms with Crippen LogP contribution in [0.5, 0.6) is 0 Å². The first-order valence-electron chi connectivity index (χ1n) is 7.11. The minimum atomic E-state index is -3.80. The lowest BCUT2D eigenvalue weighted by atomic mass is 10.2. The number of hydrogen-bond donors (Lipinski definition) is 1. The molecule has 0 saturated heterocycles.